The number of rotatable bonds is 0. The molecule has 0 radical (unpaired) electrons. The third-order valence-electron chi connectivity index (χ3n) is 0. The minimum absolute atomic E-state index is 0. The zero-order chi connectivity index (χ0) is 0. The first-order valence-electron chi connectivity index (χ1n) is 0. The Bertz CT molecular complexity index is 3.25. The Hall–Kier alpha value is 0.932. The fraction of sp³-hybridized carbons (Fsp3) is 0. The van der Waals surface area contributed by atoms with Crippen molar-refractivity contribution in [3.05, 3.63) is 0 Å². The molecule has 6 N–H and O–H groups in total. The maximum absolute atomic E-state index is 0. The van der Waals surface area contributed by atoms with Crippen LogP contribution >= 0.6 is 0 Å². The molecule has 0 rings (SSSR count). The summed E-state index contributed by atoms with van der Waals surface area (Å²) in [6.07, 6.45) is 0. The normalized spacial score (nSPS) is 0. The Morgan fingerprint density at radius 2 is 0.500 bits per heavy atom. The molecule has 4 heavy (non-hydrogen) atoms. The van der Waals surface area contributed by atoms with E-state index in [2.05, 4.69) is 0 Å². The average Bonchev–Trinajstić information content (AvgIpc) is 0. The summed E-state index contributed by atoms with van der Waals surface area (Å²) in [5, 5.41) is 0. The second-order valence-electron chi connectivity index (χ2n) is 0. The summed E-state index contributed by atoms with van der Waals surface area (Å²) < 4.78 is 0. The van der Waals surface area contributed by atoms with Gasteiger partial charge in [-0.05, 0) is 0 Å². The van der Waals surface area contributed by atoms with E-state index in [1.165, 1.54) is 0 Å². The topological polar surface area (TPSA) is 94.5 Å². The molecule has 0 fully saturated rings. The molecule has 3 nitrogen and oxygen atoms in total. The fourth-order valence-corrected chi connectivity index (χ4v) is 0. The second-order valence-corrected chi connectivity index (χ2v) is 0. The smallest absolute Gasteiger partial charge is 0 e. The van der Waals surface area contributed by atoms with Crippen molar-refractivity contribution in [2.75, 3.05) is 0 Å². The standard InChI is InChI=1S/3H2O.U/h3*1H2;. The molecule has 0 aromatic rings. The minimum atomic E-state index is 0. The fourth-order valence-electron chi connectivity index (χ4n) is 0. The van der Waals surface area contributed by atoms with Gasteiger partial charge in [0.2, 0.25) is 0 Å². The van der Waals surface area contributed by atoms with Crippen molar-refractivity contribution in [1.29, 1.82) is 0 Å². The zero-order valence-electron chi connectivity index (χ0n) is 2.00. The Morgan fingerprint density at radius 1 is 0.500 bits per heavy atom. The van der Waals surface area contributed by atoms with Crippen LogP contribution in [-0.4, -0.2) is 16.4 Å². The maximum atomic E-state index is 0. The first-order chi connectivity index (χ1) is 0. The Morgan fingerprint density at radius 3 is 0.500 bits per heavy atom. The van der Waals surface area contributed by atoms with E-state index < -0.39 is 0 Å². The van der Waals surface area contributed by atoms with Gasteiger partial charge >= 0.3 is 0 Å². The van der Waals surface area contributed by atoms with Crippen molar-refractivity contribution in [2.24, 2.45) is 0 Å². The van der Waals surface area contributed by atoms with Crippen LogP contribution in [0.3, 0.4) is 0 Å². The molecule has 0 amide bonds. The quantitative estimate of drug-likeness (QED) is 0.473. The molecular formula is H6O3U. The Labute approximate surface area is 47.7 Å². The van der Waals surface area contributed by atoms with Gasteiger partial charge in [-0.1, -0.05) is 0 Å². The van der Waals surface area contributed by atoms with Gasteiger partial charge in [0, 0.05) is 31.1 Å². The Balaban J connectivity index is 0. The predicted octanol–water partition coefficient (Wildman–Crippen LogP) is -2.47. The molecule has 0 saturated heterocycles. The first-order valence-corrected chi connectivity index (χ1v) is 0. The van der Waals surface area contributed by atoms with E-state index in [0.717, 1.165) is 0 Å². The van der Waals surface area contributed by atoms with Crippen molar-refractivity contribution in [3.63, 3.8) is 0 Å². The third-order valence-corrected chi connectivity index (χ3v) is 0. The van der Waals surface area contributed by atoms with Gasteiger partial charge in [0.05, 0.1) is 0 Å². The van der Waals surface area contributed by atoms with Gasteiger partial charge < -0.3 is 16.4 Å². The summed E-state index contributed by atoms with van der Waals surface area (Å²) in [4.78, 5) is 0. The summed E-state index contributed by atoms with van der Waals surface area (Å²) in [5.74, 6) is 0. The molecule has 0 aliphatic rings. The van der Waals surface area contributed by atoms with Crippen LogP contribution in [0.1, 0.15) is 0 Å². The van der Waals surface area contributed by atoms with Gasteiger partial charge in [0.1, 0.15) is 0 Å². The summed E-state index contributed by atoms with van der Waals surface area (Å²) in [7, 11) is 0. The summed E-state index contributed by atoms with van der Waals surface area (Å²) in [6, 6.07) is 0. The van der Waals surface area contributed by atoms with Crippen LogP contribution in [0.25, 0.3) is 0 Å². The molecule has 0 atom stereocenters. The molecule has 0 unspecified atom stereocenters. The van der Waals surface area contributed by atoms with Gasteiger partial charge in [0.25, 0.3) is 0 Å². The van der Waals surface area contributed by atoms with Crippen LogP contribution in [0, 0.1) is 31.1 Å². The molecule has 0 saturated carbocycles. The molecule has 0 aliphatic heterocycles. The van der Waals surface area contributed by atoms with Crippen LogP contribution in [0.4, 0.5) is 0 Å². The van der Waals surface area contributed by atoms with Crippen molar-refractivity contribution in [3.8, 4) is 0 Å². The summed E-state index contributed by atoms with van der Waals surface area (Å²) in [6.45, 7) is 0. The SMILES string of the molecule is O.O.O.[U]. The molecule has 0 aromatic heterocycles. The van der Waals surface area contributed by atoms with Crippen LogP contribution in [0.2, 0.25) is 0 Å². The van der Waals surface area contributed by atoms with Gasteiger partial charge in [-0.2, -0.15) is 0 Å². The predicted molar refractivity (Wildman–Crippen MR) is 10.8 cm³/mol. The van der Waals surface area contributed by atoms with Crippen molar-refractivity contribution >= 4 is 0 Å². The average molecular weight is 292 g/mol. The molecule has 0 heterocycles. The van der Waals surface area contributed by atoms with Gasteiger partial charge in [-0.3, -0.25) is 0 Å². The van der Waals surface area contributed by atoms with Gasteiger partial charge in [-0.15, -0.1) is 0 Å². The maximum Gasteiger partial charge on any atom is 0 e. The van der Waals surface area contributed by atoms with Crippen molar-refractivity contribution in [2.45, 2.75) is 0 Å². The molecule has 0 aromatic carbocycles. The third kappa shape index (κ3) is 12.6. The van der Waals surface area contributed by atoms with E-state index >= 15 is 0 Å². The zero-order valence-corrected chi connectivity index (χ0v) is 6.16. The second kappa shape index (κ2) is 38.9. The van der Waals surface area contributed by atoms with E-state index in [9.17, 15) is 0 Å². The minimum Gasteiger partial charge on any atom is -0.412 e. The summed E-state index contributed by atoms with van der Waals surface area (Å²) in [5.41, 5.74) is 0. The van der Waals surface area contributed by atoms with Crippen molar-refractivity contribution < 1.29 is 47.5 Å². The van der Waals surface area contributed by atoms with E-state index in [-0.39, 0.29) is 47.5 Å². The molecule has 0 aliphatic carbocycles. The van der Waals surface area contributed by atoms with E-state index in [0.29, 0.717) is 0 Å². The van der Waals surface area contributed by atoms with Crippen LogP contribution < -0.4 is 0 Å². The molecular weight excluding hydrogens is 286 g/mol. The number of hydrogen-bond acceptors (Lipinski definition) is 0. The van der Waals surface area contributed by atoms with Crippen LogP contribution in [0.5, 0.6) is 0 Å². The molecule has 28 valence electrons. The summed E-state index contributed by atoms with van der Waals surface area (Å²) >= 11 is 0. The molecule has 0 spiro atoms. The molecule has 4 heteroatoms. The van der Waals surface area contributed by atoms with Gasteiger partial charge in [-0.25, -0.2) is 0 Å². The molecule has 0 bridgehead atoms. The van der Waals surface area contributed by atoms with E-state index in [4.69, 9.17) is 0 Å². The van der Waals surface area contributed by atoms with Crippen molar-refractivity contribution in [1.82, 2.24) is 0 Å². The van der Waals surface area contributed by atoms with Crippen LogP contribution in [-0.2, 0) is 0 Å². The van der Waals surface area contributed by atoms with E-state index in [1.807, 2.05) is 0 Å². The monoisotopic (exact) mass is 292 g/mol. The first kappa shape index (κ1) is 87.8. The van der Waals surface area contributed by atoms with Gasteiger partial charge in [0.15, 0.2) is 0 Å². The van der Waals surface area contributed by atoms with Crippen LogP contribution in [0.15, 0.2) is 0 Å². The number of hydrogen-bond donors (Lipinski definition) is 0. The van der Waals surface area contributed by atoms with E-state index in [1.54, 1.807) is 0 Å². The Kier molecular flexibility index (Phi) is 854. The largest absolute Gasteiger partial charge is 0.412 e.